The van der Waals surface area contributed by atoms with Crippen molar-refractivity contribution in [2.24, 2.45) is 0 Å². The van der Waals surface area contributed by atoms with Gasteiger partial charge in [-0.05, 0) is 32.8 Å². The number of nitrogens with one attached hydrogen (secondary N) is 3. The molecule has 3 aromatic rings. The molecular weight excluding hydrogens is 350 g/mol. The van der Waals surface area contributed by atoms with Gasteiger partial charge in [0.05, 0.1) is 6.04 Å². The van der Waals surface area contributed by atoms with Gasteiger partial charge in [-0.1, -0.05) is 6.07 Å². The molecule has 0 aliphatic heterocycles. The third-order valence-corrected chi connectivity index (χ3v) is 4.50. The molecule has 6 nitrogen and oxygen atoms in total. The molecule has 1 aromatic carbocycles. The van der Waals surface area contributed by atoms with E-state index in [1.165, 1.54) is 25.0 Å². The maximum Gasteiger partial charge on any atom is 0.153 e. The summed E-state index contributed by atoms with van der Waals surface area (Å²) in [6.45, 7) is 3.57. The highest BCUT2D eigenvalue weighted by atomic mass is 19.1. The number of nitrogens with zero attached hydrogens (tertiary/aromatic N) is 3. The van der Waals surface area contributed by atoms with E-state index in [0.717, 1.165) is 11.8 Å². The lowest BCUT2D eigenvalue weighted by atomic mass is 10.1. The monoisotopic (exact) mass is 370 g/mol. The maximum atomic E-state index is 14.0. The van der Waals surface area contributed by atoms with E-state index in [-0.39, 0.29) is 6.04 Å². The van der Waals surface area contributed by atoms with Gasteiger partial charge in [0.25, 0.3) is 0 Å². The molecule has 2 heterocycles. The molecule has 1 fully saturated rings. The minimum absolute atomic E-state index is 0.364. The molecule has 27 heavy (non-hydrogen) atoms. The molecule has 1 saturated carbocycles. The second-order valence-electron chi connectivity index (χ2n) is 6.83. The van der Waals surface area contributed by atoms with Crippen LogP contribution < -0.4 is 10.6 Å². The highest BCUT2D eigenvalue weighted by molar-refractivity contribution is 5.57. The number of aromatic amines is 1. The van der Waals surface area contributed by atoms with Crippen LogP contribution in [-0.2, 0) is 0 Å². The van der Waals surface area contributed by atoms with Crippen LogP contribution in [0.15, 0.2) is 30.3 Å². The standard InChI is InChI=1S/C19H20F2N6/c1-10(14-6-5-13(20)7-15(14)21)22-17-9-18(24-11(2)23-17)25-19-8-16(26-27-19)12-3-4-12/h5-10,12H,3-4H2,1-2H3,(H3,22,23,24,25,26,27)/t10-/m0/s1. The van der Waals surface area contributed by atoms with Crippen LogP contribution in [0.1, 0.15) is 48.8 Å². The molecular formula is C19H20F2N6. The third-order valence-electron chi connectivity index (χ3n) is 4.50. The van der Waals surface area contributed by atoms with Crippen LogP contribution in [0, 0.1) is 18.6 Å². The molecule has 0 bridgehead atoms. The normalized spacial score (nSPS) is 14.8. The average molecular weight is 370 g/mol. The van der Waals surface area contributed by atoms with Crippen LogP contribution in [0.2, 0.25) is 0 Å². The lowest BCUT2D eigenvalue weighted by Crippen LogP contribution is -2.11. The van der Waals surface area contributed by atoms with Gasteiger partial charge in [-0.3, -0.25) is 5.10 Å². The number of anilines is 3. The van der Waals surface area contributed by atoms with Gasteiger partial charge in [0.1, 0.15) is 29.1 Å². The van der Waals surface area contributed by atoms with Crippen LogP contribution in [0.3, 0.4) is 0 Å². The molecule has 3 N–H and O–H groups in total. The first-order chi connectivity index (χ1) is 13.0. The lowest BCUT2D eigenvalue weighted by Gasteiger charge is -2.16. The van der Waals surface area contributed by atoms with E-state index in [1.54, 1.807) is 19.9 Å². The van der Waals surface area contributed by atoms with Crippen LogP contribution in [0.4, 0.5) is 26.2 Å². The summed E-state index contributed by atoms with van der Waals surface area (Å²) >= 11 is 0. The highest BCUT2D eigenvalue weighted by Crippen LogP contribution is 2.39. The number of halogens is 2. The van der Waals surface area contributed by atoms with Gasteiger partial charge in [-0.25, -0.2) is 18.7 Å². The Morgan fingerprint density at radius 2 is 1.85 bits per heavy atom. The average Bonchev–Trinajstić information content (AvgIpc) is 3.34. The van der Waals surface area contributed by atoms with Crippen molar-refractivity contribution in [1.29, 1.82) is 0 Å². The second-order valence-corrected chi connectivity index (χ2v) is 6.83. The van der Waals surface area contributed by atoms with Crippen molar-refractivity contribution in [2.75, 3.05) is 10.6 Å². The van der Waals surface area contributed by atoms with Crippen LogP contribution in [-0.4, -0.2) is 20.2 Å². The first-order valence-electron chi connectivity index (χ1n) is 8.87. The van der Waals surface area contributed by atoms with Crippen molar-refractivity contribution >= 4 is 17.5 Å². The van der Waals surface area contributed by atoms with Gasteiger partial charge in [0.15, 0.2) is 5.82 Å². The van der Waals surface area contributed by atoms with Gasteiger partial charge in [-0.15, -0.1) is 0 Å². The van der Waals surface area contributed by atoms with Crippen molar-refractivity contribution in [3.63, 3.8) is 0 Å². The van der Waals surface area contributed by atoms with Gasteiger partial charge in [0, 0.05) is 35.4 Å². The first kappa shape index (κ1) is 17.4. The van der Waals surface area contributed by atoms with Gasteiger partial charge < -0.3 is 10.6 Å². The Labute approximate surface area is 155 Å². The molecule has 1 aliphatic carbocycles. The van der Waals surface area contributed by atoms with Crippen LogP contribution >= 0.6 is 0 Å². The molecule has 8 heteroatoms. The minimum Gasteiger partial charge on any atom is -0.363 e. The van der Waals surface area contributed by atoms with Crippen LogP contribution in [0.5, 0.6) is 0 Å². The van der Waals surface area contributed by atoms with Crippen molar-refractivity contribution in [2.45, 2.75) is 38.6 Å². The summed E-state index contributed by atoms with van der Waals surface area (Å²) < 4.78 is 27.1. The molecule has 0 spiro atoms. The first-order valence-corrected chi connectivity index (χ1v) is 8.87. The molecule has 0 radical (unpaired) electrons. The quantitative estimate of drug-likeness (QED) is 0.592. The number of hydrogen-bond donors (Lipinski definition) is 3. The summed E-state index contributed by atoms with van der Waals surface area (Å²) in [5.41, 5.74) is 1.49. The summed E-state index contributed by atoms with van der Waals surface area (Å²) in [6, 6.07) is 6.87. The summed E-state index contributed by atoms with van der Waals surface area (Å²) in [7, 11) is 0. The lowest BCUT2D eigenvalue weighted by molar-refractivity contribution is 0.566. The zero-order chi connectivity index (χ0) is 19.0. The highest BCUT2D eigenvalue weighted by Gasteiger charge is 2.25. The third kappa shape index (κ3) is 4.05. The predicted octanol–water partition coefficient (Wildman–Crippen LogP) is 4.58. The molecule has 2 aromatic heterocycles. The topological polar surface area (TPSA) is 78.5 Å². The number of aromatic nitrogens is 4. The Hall–Kier alpha value is -3.03. The fourth-order valence-electron chi connectivity index (χ4n) is 2.99. The molecule has 4 rings (SSSR count). The molecule has 1 aliphatic rings. The van der Waals surface area contributed by atoms with E-state index in [1.807, 2.05) is 6.07 Å². The van der Waals surface area contributed by atoms with E-state index >= 15 is 0 Å². The van der Waals surface area contributed by atoms with E-state index < -0.39 is 11.6 Å². The zero-order valence-electron chi connectivity index (χ0n) is 15.1. The Morgan fingerprint density at radius 3 is 2.59 bits per heavy atom. The smallest absolute Gasteiger partial charge is 0.153 e. The number of rotatable bonds is 6. The van der Waals surface area contributed by atoms with E-state index in [2.05, 4.69) is 30.8 Å². The van der Waals surface area contributed by atoms with E-state index in [9.17, 15) is 8.78 Å². The molecule has 140 valence electrons. The van der Waals surface area contributed by atoms with Crippen LogP contribution in [0.25, 0.3) is 0 Å². The minimum atomic E-state index is -0.600. The van der Waals surface area contributed by atoms with Crippen molar-refractivity contribution in [1.82, 2.24) is 20.2 Å². The number of H-pyrrole nitrogens is 1. The number of hydrogen-bond acceptors (Lipinski definition) is 5. The zero-order valence-corrected chi connectivity index (χ0v) is 15.1. The Morgan fingerprint density at radius 1 is 1.07 bits per heavy atom. The van der Waals surface area contributed by atoms with Gasteiger partial charge in [0.2, 0.25) is 0 Å². The van der Waals surface area contributed by atoms with Crippen molar-refractivity contribution in [3.8, 4) is 0 Å². The Balaban J connectivity index is 1.50. The fourth-order valence-corrected chi connectivity index (χ4v) is 2.99. The van der Waals surface area contributed by atoms with Crippen molar-refractivity contribution in [3.05, 3.63) is 59.0 Å². The summed E-state index contributed by atoms with van der Waals surface area (Å²) in [5.74, 6) is 1.78. The fraction of sp³-hybridized carbons (Fsp3) is 0.316. The number of aryl methyl sites for hydroxylation is 1. The molecule has 0 amide bonds. The Bertz CT molecular complexity index is 967. The second kappa shape index (κ2) is 6.94. The van der Waals surface area contributed by atoms with E-state index in [4.69, 9.17) is 0 Å². The van der Waals surface area contributed by atoms with Gasteiger partial charge >= 0.3 is 0 Å². The summed E-state index contributed by atoms with van der Waals surface area (Å²) in [4.78, 5) is 8.71. The molecule has 0 unspecified atom stereocenters. The summed E-state index contributed by atoms with van der Waals surface area (Å²) in [6.07, 6.45) is 2.39. The van der Waals surface area contributed by atoms with Crippen molar-refractivity contribution < 1.29 is 8.78 Å². The predicted molar refractivity (Wildman–Crippen MR) is 99.0 cm³/mol. The van der Waals surface area contributed by atoms with Gasteiger partial charge in [-0.2, -0.15) is 5.10 Å². The molecule has 0 saturated heterocycles. The maximum absolute atomic E-state index is 14.0. The molecule has 1 atom stereocenters. The van der Waals surface area contributed by atoms with E-state index in [0.29, 0.717) is 34.8 Å². The largest absolute Gasteiger partial charge is 0.363 e. The number of benzene rings is 1. The Kier molecular flexibility index (Phi) is 4.47. The SMILES string of the molecule is Cc1nc(Nc2cc(C3CC3)[nH]n2)cc(N[C@@H](C)c2ccc(F)cc2F)n1. The summed E-state index contributed by atoms with van der Waals surface area (Å²) in [5, 5.41) is 13.6.